The van der Waals surface area contributed by atoms with Crippen molar-refractivity contribution in [2.45, 2.75) is 6.92 Å². The molecule has 43 heavy (non-hydrogen) atoms. The first-order valence-corrected chi connectivity index (χ1v) is 14.8. The maximum Gasteiger partial charge on any atom is 0.265 e. The Morgan fingerprint density at radius 2 is 1.16 bits per heavy atom. The van der Waals surface area contributed by atoms with E-state index in [1.807, 2.05) is 91.0 Å². The lowest BCUT2D eigenvalue weighted by atomic mass is 9.90. The summed E-state index contributed by atoms with van der Waals surface area (Å²) in [7, 11) is 2.14. The fraction of sp³-hybridized carbons (Fsp3) is 0.158. The Morgan fingerprint density at radius 3 is 1.81 bits per heavy atom. The molecule has 2 aliphatic heterocycles. The lowest BCUT2D eigenvalue weighted by molar-refractivity contribution is 0.0893. The first-order valence-electron chi connectivity index (χ1n) is 14.8. The molecule has 2 amide bonds. The van der Waals surface area contributed by atoms with Crippen molar-refractivity contribution in [2.75, 3.05) is 43.0 Å². The Kier molecular flexibility index (Phi) is 6.88. The normalized spacial score (nSPS) is 16.0. The second-order valence-electron chi connectivity index (χ2n) is 11.4. The Hall–Kier alpha value is -5.00. The van der Waals surface area contributed by atoms with Crippen molar-refractivity contribution in [1.82, 2.24) is 4.90 Å². The van der Waals surface area contributed by atoms with Crippen LogP contribution >= 0.6 is 0 Å². The van der Waals surface area contributed by atoms with Crippen LogP contribution in [0.1, 0.15) is 44.3 Å². The molecule has 0 saturated carbocycles. The van der Waals surface area contributed by atoms with Crippen molar-refractivity contribution in [1.29, 1.82) is 0 Å². The maximum absolute atomic E-state index is 14.0. The summed E-state index contributed by atoms with van der Waals surface area (Å²) >= 11 is 0. The zero-order chi connectivity index (χ0) is 29.5. The molecule has 5 aromatic carbocycles. The molecule has 2 aliphatic rings. The molecule has 2 heterocycles. The molecule has 5 nitrogen and oxygen atoms in total. The van der Waals surface area contributed by atoms with Gasteiger partial charge in [-0.15, -0.1) is 0 Å². The number of benzene rings is 5. The predicted octanol–water partition coefficient (Wildman–Crippen LogP) is 7.37. The second-order valence-corrected chi connectivity index (χ2v) is 11.4. The van der Waals surface area contributed by atoms with Gasteiger partial charge in [0.2, 0.25) is 0 Å². The number of hydrogen-bond donors (Lipinski definition) is 0. The quantitative estimate of drug-likeness (QED) is 0.165. The number of piperazine rings is 1. The predicted molar refractivity (Wildman–Crippen MR) is 176 cm³/mol. The van der Waals surface area contributed by atoms with Gasteiger partial charge in [0.25, 0.3) is 11.8 Å². The van der Waals surface area contributed by atoms with Crippen LogP contribution in [0.25, 0.3) is 21.9 Å². The van der Waals surface area contributed by atoms with Crippen molar-refractivity contribution in [3.05, 3.63) is 143 Å². The summed E-state index contributed by atoms with van der Waals surface area (Å²) in [5, 5.41) is 1.72. The summed E-state index contributed by atoms with van der Waals surface area (Å²) in [6, 6.07) is 38.2. The average Bonchev–Trinajstić information content (AvgIpc) is 3.05. The fourth-order valence-corrected chi connectivity index (χ4v) is 6.45. The number of rotatable bonds is 5. The van der Waals surface area contributed by atoms with Crippen LogP contribution < -0.4 is 9.80 Å². The number of allylic oxidation sites excluding steroid dienone is 1. The molecule has 0 spiro atoms. The molecule has 7 rings (SSSR count). The molecule has 0 N–H and O–H groups in total. The third kappa shape index (κ3) is 4.72. The van der Waals surface area contributed by atoms with Crippen molar-refractivity contribution in [2.24, 2.45) is 0 Å². The highest BCUT2D eigenvalue weighted by Gasteiger charge is 2.35. The van der Waals surface area contributed by atoms with Gasteiger partial charge in [0.15, 0.2) is 0 Å². The molecule has 0 aliphatic carbocycles. The number of hydrogen-bond acceptors (Lipinski definition) is 4. The van der Waals surface area contributed by atoms with Crippen LogP contribution in [0.4, 0.5) is 11.4 Å². The average molecular weight is 564 g/mol. The van der Waals surface area contributed by atoms with Crippen LogP contribution in [0, 0.1) is 0 Å². The molecule has 212 valence electrons. The zero-order valence-corrected chi connectivity index (χ0v) is 24.5. The van der Waals surface area contributed by atoms with Crippen molar-refractivity contribution in [3.8, 4) is 0 Å². The van der Waals surface area contributed by atoms with Crippen molar-refractivity contribution < 1.29 is 9.59 Å². The van der Waals surface area contributed by atoms with Gasteiger partial charge in [-0.05, 0) is 72.1 Å². The third-order valence-corrected chi connectivity index (χ3v) is 8.79. The first kappa shape index (κ1) is 26.9. The van der Waals surface area contributed by atoms with E-state index in [1.165, 1.54) is 4.90 Å². The molecule has 1 fully saturated rings. The van der Waals surface area contributed by atoms with Gasteiger partial charge in [-0.2, -0.15) is 0 Å². The van der Waals surface area contributed by atoms with Gasteiger partial charge >= 0.3 is 0 Å². The Bertz CT molecular complexity index is 1850. The molecule has 0 aromatic heterocycles. The fourth-order valence-electron chi connectivity index (χ4n) is 6.45. The first-order chi connectivity index (χ1) is 21.0. The topological polar surface area (TPSA) is 43.9 Å². The smallest absolute Gasteiger partial charge is 0.265 e. The largest absolute Gasteiger partial charge is 0.368 e. The van der Waals surface area contributed by atoms with E-state index >= 15 is 0 Å². The van der Waals surface area contributed by atoms with Gasteiger partial charge in [0.05, 0.1) is 5.69 Å². The summed E-state index contributed by atoms with van der Waals surface area (Å²) < 4.78 is 0. The number of imide groups is 1. The molecular formula is C38H33N3O2. The van der Waals surface area contributed by atoms with Crippen LogP contribution in [0.5, 0.6) is 0 Å². The molecule has 5 aromatic rings. The summed E-state index contributed by atoms with van der Waals surface area (Å²) in [4.78, 5) is 33.9. The highest BCUT2D eigenvalue weighted by molar-refractivity contribution is 6.36. The lowest BCUT2D eigenvalue weighted by Crippen LogP contribution is -2.45. The van der Waals surface area contributed by atoms with Crippen LogP contribution in [0.15, 0.2) is 115 Å². The van der Waals surface area contributed by atoms with Crippen LogP contribution in [-0.2, 0) is 0 Å². The Labute approximate surface area is 252 Å². The van der Waals surface area contributed by atoms with Crippen molar-refractivity contribution in [3.63, 3.8) is 0 Å². The van der Waals surface area contributed by atoms with E-state index in [0.29, 0.717) is 16.8 Å². The second kappa shape index (κ2) is 11.0. The van der Waals surface area contributed by atoms with E-state index in [-0.39, 0.29) is 11.8 Å². The number of amides is 2. The number of carbonyl (C=O) groups excluding carboxylic acids is 2. The number of carbonyl (C=O) groups is 2. The Balaban J connectivity index is 1.27. The van der Waals surface area contributed by atoms with E-state index < -0.39 is 0 Å². The molecule has 5 heteroatoms. The molecule has 0 bridgehead atoms. The zero-order valence-electron chi connectivity index (χ0n) is 24.5. The molecule has 0 atom stereocenters. The molecule has 1 saturated heterocycles. The van der Waals surface area contributed by atoms with Gasteiger partial charge in [0, 0.05) is 53.8 Å². The summed E-state index contributed by atoms with van der Waals surface area (Å²) in [5.41, 5.74) is 8.32. The van der Waals surface area contributed by atoms with E-state index in [1.54, 1.807) is 0 Å². The third-order valence-electron chi connectivity index (χ3n) is 8.79. The monoisotopic (exact) mass is 563 g/mol. The van der Waals surface area contributed by atoms with E-state index in [4.69, 9.17) is 0 Å². The maximum atomic E-state index is 14.0. The number of anilines is 2. The lowest BCUT2D eigenvalue weighted by Gasteiger charge is -2.35. The minimum absolute atomic E-state index is 0.286. The van der Waals surface area contributed by atoms with Crippen LogP contribution in [0.3, 0.4) is 0 Å². The molecule has 0 unspecified atom stereocenters. The Morgan fingerprint density at radius 1 is 0.581 bits per heavy atom. The summed E-state index contributed by atoms with van der Waals surface area (Å²) in [6.07, 6.45) is 0. The van der Waals surface area contributed by atoms with E-state index in [2.05, 4.69) is 48.0 Å². The summed E-state index contributed by atoms with van der Waals surface area (Å²) in [6.45, 7) is 5.93. The van der Waals surface area contributed by atoms with Crippen LogP contribution in [0.2, 0.25) is 0 Å². The highest BCUT2D eigenvalue weighted by atomic mass is 16.2. The van der Waals surface area contributed by atoms with Gasteiger partial charge < -0.3 is 9.80 Å². The molecule has 0 radical (unpaired) electrons. The van der Waals surface area contributed by atoms with Gasteiger partial charge in [0.1, 0.15) is 0 Å². The minimum atomic E-state index is -0.286. The minimum Gasteiger partial charge on any atom is -0.368 e. The highest BCUT2D eigenvalue weighted by Crippen LogP contribution is 2.39. The van der Waals surface area contributed by atoms with Gasteiger partial charge in [-0.3, -0.25) is 9.59 Å². The van der Waals surface area contributed by atoms with Crippen LogP contribution in [-0.4, -0.2) is 49.9 Å². The SMILES string of the molecule is C/C(=C(/c1ccccc1)c1ccc(N2C(=O)c3cccc4c(N5CCN(C)CC5)ccc(c34)C2=O)cc1)c1ccccc1. The van der Waals surface area contributed by atoms with E-state index in [9.17, 15) is 9.59 Å². The number of nitrogens with zero attached hydrogens (tertiary/aromatic N) is 3. The van der Waals surface area contributed by atoms with Gasteiger partial charge in [-0.1, -0.05) is 84.9 Å². The number of likely N-dealkylation sites (N-methyl/N-ethyl adjacent to an activating group) is 1. The molecular weight excluding hydrogens is 530 g/mol. The van der Waals surface area contributed by atoms with Gasteiger partial charge in [-0.25, -0.2) is 4.90 Å². The summed E-state index contributed by atoms with van der Waals surface area (Å²) in [5.74, 6) is -0.573. The standard InChI is InChI=1S/C38H33N3O2/c1-26(27-10-5-3-6-11-27)35(28-12-7-4-8-13-28)29-16-18-30(19-17-29)41-37(42)32-15-9-14-31-34(40-24-22-39(2)23-25-40)21-20-33(36(31)32)38(41)43/h3-21H,22-25H2,1-2H3/b35-26+. The van der Waals surface area contributed by atoms with E-state index in [0.717, 1.165) is 70.5 Å². The van der Waals surface area contributed by atoms with Crippen molar-refractivity contribution >= 4 is 45.1 Å².